The highest BCUT2D eigenvalue weighted by Gasteiger charge is 2.18. The minimum Gasteiger partial charge on any atom is -0.496 e. The molecule has 0 radical (unpaired) electrons. The van der Waals surface area contributed by atoms with Crippen LogP contribution in [-0.2, 0) is 9.59 Å². The van der Waals surface area contributed by atoms with Crippen LogP contribution >= 0.6 is 11.6 Å². The number of halogens is 1. The SMILES string of the molecule is COc1ccc(NC(=O)CN(C)CC(=O)Nc2ccccc2Cl)c([N+](=O)[O-])c1. The molecule has 0 saturated heterocycles. The molecule has 0 aliphatic carbocycles. The Bertz CT molecular complexity index is 890. The van der Waals surface area contributed by atoms with Gasteiger partial charge in [-0.05, 0) is 31.3 Å². The molecule has 148 valence electrons. The number of hydrogen-bond acceptors (Lipinski definition) is 6. The Kier molecular flexibility index (Phi) is 7.30. The van der Waals surface area contributed by atoms with Gasteiger partial charge in [0.25, 0.3) is 5.69 Å². The molecule has 0 aliphatic rings. The number of nitro benzene ring substituents is 1. The first-order chi connectivity index (χ1) is 13.3. The molecule has 0 spiro atoms. The highest BCUT2D eigenvalue weighted by atomic mass is 35.5. The summed E-state index contributed by atoms with van der Waals surface area (Å²) in [5, 5.41) is 16.7. The highest BCUT2D eigenvalue weighted by molar-refractivity contribution is 6.33. The Hall–Kier alpha value is -3.17. The standard InChI is InChI=1S/C18H19ClN4O5/c1-22(10-17(24)20-14-6-4-3-5-13(14)19)11-18(25)21-15-8-7-12(28-2)9-16(15)23(26)27/h3-9H,10-11H2,1-2H3,(H,20,24)(H,21,25). The van der Waals surface area contributed by atoms with Crippen LogP contribution in [0.1, 0.15) is 0 Å². The van der Waals surface area contributed by atoms with Crippen LogP contribution in [0.3, 0.4) is 0 Å². The topological polar surface area (TPSA) is 114 Å². The van der Waals surface area contributed by atoms with Crippen molar-refractivity contribution in [3.05, 3.63) is 57.6 Å². The lowest BCUT2D eigenvalue weighted by molar-refractivity contribution is -0.384. The van der Waals surface area contributed by atoms with Gasteiger partial charge >= 0.3 is 0 Å². The third kappa shape index (κ3) is 5.93. The molecule has 0 unspecified atom stereocenters. The number of methoxy groups -OCH3 is 1. The van der Waals surface area contributed by atoms with Crippen LogP contribution in [-0.4, -0.2) is 48.9 Å². The first-order valence-electron chi connectivity index (χ1n) is 8.15. The van der Waals surface area contributed by atoms with Gasteiger partial charge in [0, 0.05) is 0 Å². The van der Waals surface area contributed by atoms with Gasteiger partial charge in [-0.1, -0.05) is 23.7 Å². The van der Waals surface area contributed by atoms with Crippen molar-refractivity contribution < 1.29 is 19.2 Å². The van der Waals surface area contributed by atoms with E-state index >= 15 is 0 Å². The van der Waals surface area contributed by atoms with E-state index in [2.05, 4.69) is 10.6 Å². The highest BCUT2D eigenvalue weighted by Crippen LogP contribution is 2.28. The number of rotatable bonds is 8. The van der Waals surface area contributed by atoms with Gasteiger partial charge in [0.15, 0.2) is 0 Å². The zero-order valence-corrected chi connectivity index (χ0v) is 16.0. The molecule has 2 aromatic carbocycles. The van der Waals surface area contributed by atoms with Gasteiger partial charge in [0.1, 0.15) is 11.4 Å². The van der Waals surface area contributed by atoms with Crippen LogP contribution in [0.15, 0.2) is 42.5 Å². The molecule has 0 aliphatic heterocycles. The van der Waals surface area contributed by atoms with E-state index in [0.29, 0.717) is 16.5 Å². The molecule has 2 amide bonds. The normalized spacial score (nSPS) is 10.4. The van der Waals surface area contributed by atoms with Gasteiger partial charge in [-0.2, -0.15) is 0 Å². The number of anilines is 2. The molecular weight excluding hydrogens is 388 g/mol. The number of nitrogens with one attached hydrogen (secondary N) is 2. The smallest absolute Gasteiger partial charge is 0.296 e. The van der Waals surface area contributed by atoms with E-state index in [4.69, 9.17) is 16.3 Å². The molecule has 0 fully saturated rings. The van der Waals surface area contributed by atoms with Gasteiger partial charge in [0.2, 0.25) is 11.8 Å². The number of likely N-dealkylation sites (N-methyl/N-ethyl adjacent to an activating group) is 1. The van der Waals surface area contributed by atoms with Crippen LogP contribution < -0.4 is 15.4 Å². The molecule has 0 saturated carbocycles. The van der Waals surface area contributed by atoms with Crippen molar-refractivity contribution in [3.63, 3.8) is 0 Å². The Morgan fingerprint density at radius 1 is 1.11 bits per heavy atom. The Morgan fingerprint density at radius 3 is 2.29 bits per heavy atom. The number of amides is 2. The van der Waals surface area contributed by atoms with Crippen LogP contribution in [0.2, 0.25) is 5.02 Å². The van der Waals surface area contributed by atoms with Gasteiger partial charge in [-0.15, -0.1) is 0 Å². The first kappa shape index (κ1) is 21.1. The van der Waals surface area contributed by atoms with Gasteiger partial charge in [-0.3, -0.25) is 24.6 Å². The van der Waals surface area contributed by atoms with Crippen molar-refractivity contribution >= 4 is 40.5 Å². The fourth-order valence-corrected chi connectivity index (χ4v) is 2.57. The zero-order valence-electron chi connectivity index (χ0n) is 15.3. The number of carbonyl (C=O) groups excluding carboxylic acids is 2. The predicted octanol–water partition coefficient (Wildman–Crippen LogP) is 2.77. The second-order valence-electron chi connectivity index (χ2n) is 5.89. The molecule has 10 heteroatoms. The molecule has 2 N–H and O–H groups in total. The summed E-state index contributed by atoms with van der Waals surface area (Å²) in [6.45, 7) is -0.206. The van der Waals surface area contributed by atoms with Crippen LogP contribution in [0.4, 0.5) is 17.1 Å². The number of carbonyl (C=O) groups is 2. The zero-order chi connectivity index (χ0) is 20.7. The van der Waals surface area contributed by atoms with E-state index in [1.807, 2.05) is 0 Å². The lowest BCUT2D eigenvalue weighted by Crippen LogP contribution is -2.36. The lowest BCUT2D eigenvalue weighted by Gasteiger charge is -2.16. The van der Waals surface area contributed by atoms with Crippen molar-refractivity contribution in [1.82, 2.24) is 4.90 Å². The maximum Gasteiger partial charge on any atom is 0.296 e. The number of ether oxygens (including phenoxy) is 1. The number of para-hydroxylation sites is 1. The summed E-state index contributed by atoms with van der Waals surface area (Å²) in [5.41, 5.74) is 0.234. The largest absolute Gasteiger partial charge is 0.496 e. The maximum absolute atomic E-state index is 12.2. The quantitative estimate of drug-likeness (QED) is 0.514. The van der Waals surface area contributed by atoms with Crippen molar-refractivity contribution in [2.24, 2.45) is 0 Å². The lowest BCUT2D eigenvalue weighted by atomic mass is 10.2. The first-order valence-corrected chi connectivity index (χ1v) is 8.53. The predicted molar refractivity (Wildman–Crippen MR) is 106 cm³/mol. The third-order valence-corrected chi connectivity index (χ3v) is 3.98. The molecule has 0 aromatic heterocycles. The van der Waals surface area contributed by atoms with Gasteiger partial charge in [0.05, 0.1) is 41.9 Å². The number of hydrogen-bond donors (Lipinski definition) is 2. The van der Waals surface area contributed by atoms with E-state index in [1.165, 1.54) is 30.2 Å². The Balaban J connectivity index is 1.93. The summed E-state index contributed by atoms with van der Waals surface area (Å²) in [4.78, 5) is 36.3. The van der Waals surface area contributed by atoms with Crippen LogP contribution in [0.5, 0.6) is 5.75 Å². The summed E-state index contributed by atoms with van der Waals surface area (Å²) in [6, 6.07) is 10.9. The molecule has 2 rings (SSSR count). The van der Waals surface area contributed by atoms with Crippen LogP contribution in [0.25, 0.3) is 0 Å². The van der Waals surface area contributed by atoms with E-state index in [-0.39, 0.29) is 30.4 Å². The van der Waals surface area contributed by atoms with Crippen molar-refractivity contribution in [1.29, 1.82) is 0 Å². The summed E-state index contributed by atoms with van der Waals surface area (Å²) in [6.07, 6.45) is 0. The molecule has 9 nitrogen and oxygen atoms in total. The van der Waals surface area contributed by atoms with Crippen molar-refractivity contribution in [3.8, 4) is 5.75 Å². The van der Waals surface area contributed by atoms with Crippen LogP contribution in [0, 0.1) is 10.1 Å². The van der Waals surface area contributed by atoms with E-state index in [1.54, 1.807) is 31.3 Å². The average molecular weight is 407 g/mol. The maximum atomic E-state index is 12.2. The minimum atomic E-state index is -0.612. The van der Waals surface area contributed by atoms with Gasteiger partial charge in [-0.25, -0.2) is 0 Å². The summed E-state index contributed by atoms with van der Waals surface area (Å²) < 4.78 is 4.95. The summed E-state index contributed by atoms with van der Waals surface area (Å²) in [5.74, 6) is -0.543. The molecule has 0 bridgehead atoms. The second kappa shape index (κ2) is 9.67. The fourth-order valence-electron chi connectivity index (χ4n) is 2.38. The van der Waals surface area contributed by atoms with Crippen molar-refractivity contribution in [2.75, 3.05) is 37.9 Å². The third-order valence-electron chi connectivity index (χ3n) is 3.65. The average Bonchev–Trinajstić information content (AvgIpc) is 2.63. The molecule has 28 heavy (non-hydrogen) atoms. The van der Waals surface area contributed by atoms with E-state index in [9.17, 15) is 19.7 Å². The second-order valence-corrected chi connectivity index (χ2v) is 6.30. The Morgan fingerprint density at radius 2 is 1.71 bits per heavy atom. The minimum absolute atomic E-state index is 0.0460. The Labute approximate surface area is 166 Å². The van der Waals surface area contributed by atoms with E-state index < -0.39 is 10.8 Å². The van der Waals surface area contributed by atoms with Gasteiger partial charge < -0.3 is 15.4 Å². The molecule has 0 atom stereocenters. The number of nitro groups is 1. The molecule has 0 heterocycles. The summed E-state index contributed by atoms with van der Waals surface area (Å²) in [7, 11) is 2.97. The van der Waals surface area contributed by atoms with Crippen molar-refractivity contribution in [2.45, 2.75) is 0 Å². The molecular formula is C18H19ClN4O5. The van der Waals surface area contributed by atoms with E-state index in [0.717, 1.165) is 0 Å². The monoisotopic (exact) mass is 406 g/mol. The summed E-state index contributed by atoms with van der Waals surface area (Å²) >= 11 is 5.99. The number of nitrogens with zero attached hydrogens (tertiary/aromatic N) is 2. The number of benzene rings is 2. The fraction of sp³-hybridized carbons (Fsp3) is 0.222. The molecule has 2 aromatic rings.